The maximum atomic E-state index is 13.5. The first-order chi connectivity index (χ1) is 18.3. The maximum absolute atomic E-state index is 13.5. The summed E-state index contributed by atoms with van der Waals surface area (Å²) in [5.41, 5.74) is 0.453. The number of fused-ring (bicyclic) bond motifs is 2. The monoisotopic (exact) mass is 635 g/mol. The predicted molar refractivity (Wildman–Crippen MR) is 146 cm³/mol. The minimum Gasteiger partial charge on any atom is -1.00 e. The van der Waals surface area contributed by atoms with Crippen molar-refractivity contribution in [3.05, 3.63) is 74.6 Å². The van der Waals surface area contributed by atoms with Gasteiger partial charge in [-0.15, -0.1) is 0 Å². The number of nitrogens with zero attached hydrogens (tertiary/aromatic N) is 1. The van der Waals surface area contributed by atoms with Crippen molar-refractivity contribution in [3.8, 4) is 5.75 Å². The Morgan fingerprint density at radius 1 is 1.05 bits per heavy atom. The first-order valence-corrected chi connectivity index (χ1v) is 14.9. The van der Waals surface area contributed by atoms with Gasteiger partial charge in [-0.3, -0.25) is 0 Å². The van der Waals surface area contributed by atoms with Gasteiger partial charge in [0.15, 0.2) is 6.61 Å². The minimum atomic E-state index is -1.79. The second-order valence-electron chi connectivity index (χ2n) is 10.4. The highest BCUT2D eigenvalue weighted by Crippen LogP contribution is 2.44. The van der Waals surface area contributed by atoms with E-state index in [1.54, 1.807) is 19.1 Å². The van der Waals surface area contributed by atoms with Gasteiger partial charge in [0.25, 0.3) is 0 Å². The smallest absolute Gasteiger partial charge is 0.348 e. The fourth-order valence-electron chi connectivity index (χ4n) is 6.10. The van der Waals surface area contributed by atoms with E-state index in [0.717, 1.165) is 42.3 Å². The fourth-order valence-corrected chi connectivity index (χ4v) is 7.50. The molecule has 39 heavy (non-hydrogen) atoms. The van der Waals surface area contributed by atoms with Crippen molar-refractivity contribution in [2.45, 2.75) is 62.9 Å². The van der Waals surface area contributed by atoms with Crippen molar-refractivity contribution in [2.24, 2.45) is 0 Å². The van der Waals surface area contributed by atoms with E-state index >= 15 is 0 Å². The Morgan fingerprint density at radius 2 is 1.69 bits per heavy atom. The van der Waals surface area contributed by atoms with Crippen LogP contribution in [0.15, 0.2) is 57.9 Å². The van der Waals surface area contributed by atoms with E-state index in [2.05, 4.69) is 13.1 Å². The van der Waals surface area contributed by atoms with Crippen LogP contribution in [-0.2, 0) is 31.2 Å². The highest BCUT2D eigenvalue weighted by molar-refractivity contribution is 7.08. The zero-order chi connectivity index (χ0) is 26.8. The molecular weight excluding hydrogens is 602 g/mol. The molecule has 0 amide bonds. The number of halogens is 1. The van der Waals surface area contributed by atoms with Gasteiger partial charge in [0.05, 0.1) is 25.7 Å². The summed E-state index contributed by atoms with van der Waals surface area (Å²) in [6, 6.07) is 12.2. The summed E-state index contributed by atoms with van der Waals surface area (Å²) in [5, 5.41) is 18.9. The number of quaternary nitrogens is 1. The quantitative estimate of drug-likeness (QED) is 0.271. The Bertz CT molecular complexity index is 1200. The van der Waals surface area contributed by atoms with Crippen molar-refractivity contribution in [3.63, 3.8) is 0 Å². The Balaban J connectivity index is 0.00000353. The molecule has 3 aromatic rings. The van der Waals surface area contributed by atoms with Crippen LogP contribution in [0.5, 0.6) is 5.75 Å². The van der Waals surface area contributed by atoms with E-state index in [1.807, 2.05) is 39.7 Å². The largest absolute Gasteiger partial charge is 1.00 e. The minimum absolute atomic E-state index is 0. The van der Waals surface area contributed by atoms with Gasteiger partial charge in [0, 0.05) is 42.4 Å². The normalized spacial score (nSPS) is 24.0. The lowest BCUT2D eigenvalue weighted by molar-refractivity contribution is -0.961. The molecule has 1 aromatic carbocycles. The van der Waals surface area contributed by atoms with Crippen LogP contribution < -0.4 is 21.7 Å². The Hall–Kier alpha value is -2.24. The Kier molecular flexibility index (Phi) is 9.54. The van der Waals surface area contributed by atoms with Crippen molar-refractivity contribution >= 4 is 34.6 Å². The molecule has 2 saturated heterocycles. The second kappa shape index (κ2) is 12.5. The molecule has 2 aliphatic heterocycles. The van der Waals surface area contributed by atoms with Crippen LogP contribution in [0.1, 0.15) is 49.3 Å². The lowest BCUT2D eigenvalue weighted by Gasteiger charge is -2.47. The van der Waals surface area contributed by atoms with Crippen LogP contribution in [0, 0.1) is 0 Å². The molecule has 1 unspecified atom stereocenters. The summed E-state index contributed by atoms with van der Waals surface area (Å²) in [4.78, 5) is 25.2. The van der Waals surface area contributed by atoms with Crippen molar-refractivity contribution in [2.75, 3.05) is 20.3 Å². The van der Waals surface area contributed by atoms with Gasteiger partial charge in [-0.2, -0.15) is 22.7 Å². The van der Waals surface area contributed by atoms with Crippen molar-refractivity contribution in [1.29, 1.82) is 0 Å². The number of hydrogen-bond donors (Lipinski definition) is 1. The molecule has 210 valence electrons. The third-order valence-corrected chi connectivity index (χ3v) is 9.47. The Morgan fingerprint density at radius 3 is 2.26 bits per heavy atom. The maximum Gasteiger partial charge on any atom is 0.348 e. The van der Waals surface area contributed by atoms with Crippen LogP contribution in [0.2, 0.25) is 0 Å². The Labute approximate surface area is 247 Å². The van der Waals surface area contributed by atoms with Gasteiger partial charge in [-0.25, -0.2) is 9.59 Å². The summed E-state index contributed by atoms with van der Waals surface area (Å²) in [6.07, 6.45) is 3.46. The zero-order valence-corrected chi connectivity index (χ0v) is 25.3. The third-order valence-electron chi connectivity index (χ3n) is 8.10. The highest BCUT2D eigenvalue weighted by Gasteiger charge is 2.53. The average Bonchev–Trinajstić information content (AvgIpc) is 3.65. The number of esters is 2. The number of hydrogen-bond acceptors (Lipinski definition) is 8. The molecule has 2 aromatic heterocycles. The molecule has 2 aliphatic rings. The molecule has 2 bridgehead atoms. The number of ether oxygens (including phenoxy) is 3. The van der Waals surface area contributed by atoms with E-state index in [9.17, 15) is 14.7 Å². The van der Waals surface area contributed by atoms with E-state index in [0.29, 0.717) is 35.6 Å². The topological polar surface area (TPSA) is 82.1 Å². The summed E-state index contributed by atoms with van der Waals surface area (Å²) >= 11 is 2.89. The number of carbonyl (C=O) groups is 2. The van der Waals surface area contributed by atoms with Gasteiger partial charge in [-0.05, 0) is 52.7 Å². The number of rotatable bonds is 10. The summed E-state index contributed by atoms with van der Waals surface area (Å²) in [5.74, 6) is -0.322. The average molecular weight is 637 g/mol. The van der Waals surface area contributed by atoms with E-state index in [-0.39, 0.29) is 35.7 Å². The van der Waals surface area contributed by atoms with Gasteiger partial charge >= 0.3 is 11.9 Å². The molecule has 0 aliphatic carbocycles. The van der Waals surface area contributed by atoms with Crippen molar-refractivity contribution < 1.29 is 50.4 Å². The van der Waals surface area contributed by atoms with Gasteiger partial charge in [0.2, 0.25) is 5.60 Å². The first-order valence-electron chi connectivity index (χ1n) is 13.0. The molecule has 4 heterocycles. The molecule has 0 spiro atoms. The number of benzene rings is 1. The van der Waals surface area contributed by atoms with E-state index < -0.39 is 11.6 Å². The lowest BCUT2D eigenvalue weighted by atomic mass is 9.89. The van der Waals surface area contributed by atoms with Crippen molar-refractivity contribution in [1.82, 2.24) is 0 Å². The van der Waals surface area contributed by atoms with Gasteiger partial charge in [-0.1, -0.05) is 12.1 Å². The third kappa shape index (κ3) is 6.10. The van der Waals surface area contributed by atoms with Crippen LogP contribution in [0.25, 0.3) is 0 Å². The molecule has 0 saturated carbocycles. The summed E-state index contributed by atoms with van der Waals surface area (Å²) in [6.45, 7) is 2.83. The van der Waals surface area contributed by atoms with E-state index in [4.69, 9.17) is 14.2 Å². The second-order valence-corrected chi connectivity index (χ2v) is 11.9. The lowest BCUT2D eigenvalue weighted by Crippen LogP contribution is -3.00. The number of thiophene rings is 2. The van der Waals surface area contributed by atoms with Crippen LogP contribution in [-0.4, -0.2) is 60.0 Å². The predicted octanol–water partition coefficient (Wildman–Crippen LogP) is 1.87. The molecule has 7 nitrogen and oxygen atoms in total. The van der Waals surface area contributed by atoms with Gasteiger partial charge in [0.1, 0.15) is 18.4 Å². The van der Waals surface area contributed by atoms with E-state index in [1.165, 1.54) is 22.7 Å². The molecular formula is C29H34BrNO6S2. The molecule has 5 rings (SSSR count). The molecule has 0 radical (unpaired) electrons. The zero-order valence-electron chi connectivity index (χ0n) is 22.1. The summed E-state index contributed by atoms with van der Waals surface area (Å²) < 4.78 is 17.5. The van der Waals surface area contributed by atoms with Gasteiger partial charge < -0.3 is 40.8 Å². The van der Waals surface area contributed by atoms with Crippen LogP contribution >= 0.6 is 22.7 Å². The standard InChI is InChI=1S/C29H34NO6S2.BrH/c1-3-34-27(31)17-35-25-6-4-5-20(13-25)16-30(2)23-7-8-24(30)15-26(14-23)36-28(32)29(33,21-9-11-37-18-21)22-10-12-38-19-22;/h4-6,9-13,18-19,23-24,26,33H,3,7-8,14-17H2,1-2H3;1H/q+1;/p-1/t23-,24+,26-,30?;. The van der Waals surface area contributed by atoms with Crippen LogP contribution in [0.4, 0.5) is 0 Å². The highest BCUT2D eigenvalue weighted by atomic mass is 79.9. The fraction of sp³-hybridized carbons (Fsp3) is 0.448. The molecule has 1 N–H and O–H groups in total. The molecule has 4 atom stereocenters. The SMILES string of the molecule is CCOC(=O)COc1cccc(C[N+]2(C)[C@@H]3CC[C@H]2C[C@H](OC(=O)C(O)(c2ccsc2)c2ccsc2)C3)c1.[Br-]. The number of carbonyl (C=O) groups excluding carboxylic acids is 2. The summed E-state index contributed by atoms with van der Waals surface area (Å²) in [7, 11) is 2.29. The molecule has 10 heteroatoms. The number of piperidine rings is 1. The number of aliphatic hydroxyl groups is 1. The molecule has 2 fully saturated rings. The van der Waals surface area contributed by atoms with Crippen LogP contribution in [0.3, 0.4) is 0 Å². The first kappa shape index (κ1) is 29.7.